The van der Waals surface area contributed by atoms with Gasteiger partial charge < -0.3 is 25.2 Å². The molecule has 2 amide bonds. The molecule has 0 spiro atoms. The number of halogens is 4. The van der Waals surface area contributed by atoms with E-state index in [4.69, 9.17) is 26.5 Å². The Kier molecular flexibility index (Phi) is 13.2. The fourth-order valence-electron chi connectivity index (χ4n) is 8.38. The van der Waals surface area contributed by atoms with Crippen LogP contribution in [0.15, 0.2) is 60.9 Å². The van der Waals surface area contributed by atoms with Crippen LogP contribution < -0.4 is 15.5 Å². The zero-order valence-corrected chi connectivity index (χ0v) is 32.9. The number of carbonyl (C=O) groups excluding carboxylic acids is 2. The molecule has 4 N–H and O–H groups in total. The number of hydrogen-bond donors (Lipinski definition) is 4. The van der Waals surface area contributed by atoms with Crippen LogP contribution in [0, 0.1) is 5.92 Å². The van der Waals surface area contributed by atoms with Gasteiger partial charge in [0.25, 0.3) is 0 Å². The molecule has 0 bridgehead atoms. The standard InChI is InChI=1S/C39H48ClN9O2.C2HF3O2/c40-34-24-42-39(45-37(34)33-23-41-35-4-2-1-3-32(33)35)43-29-13-14-47(26-29)20-17-46-18-21-48(22-19-46)25-27-11-15-49(16-12-27)30-7-5-28(6-8-30)31-9-10-36(50)44-38(31)51;3-2(4,5)1(6)7/h1-8,23-24,27,29,31,41H,9-22,25-26H2,(H,42,43,45)(H,44,50,51);(H,6,7)/t29-,31?;/m1./s1. The minimum Gasteiger partial charge on any atom is -0.475 e. The molecule has 58 heavy (non-hydrogen) atoms. The second kappa shape index (κ2) is 18.4. The molecule has 17 heteroatoms. The van der Waals surface area contributed by atoms with Crippen LogP contribution in [-0.4, -0.2) is 137 Å². The summed E-state index contributed by atoms with van der Waals surface area (Å²) in [6.45, 7) is 12.2. The molecule has 0 saturated carbocycles. The van der Waals surface area contributed by atoms with Crippen molar-refractivity contribution in [2.24, 2.45) is 5.92 Å². The first-order valence-electron chi connectivity index (χ1n) is 19.9. The van der Waals surface area contributed by atoms with Crippen LogP contribution in [0.2, 0.25) is 5.02 Å². The number of likely N-dealkylation sites (tertiary alicyclic amines) is 1. The molecule has 4 aromatic rings. The lowest BCUT2D eigenvalue weighted by Gasteiger charge is -2.39. The lowest BCUT2D eigenvalue weighted by Crippen LogP contribution is -2.50. The van der Waals surface area contributed by atoms with Crippen molar-refractivity contribution in [2.75, 3.05) is 82.2 Å². The molecule has 2 aromatic carbocycles. The molecule has 2 atom stereocenters. The van der Waals surface area contributed by atoms with Gasteiger partial charge in [-0.1, -0.05) is 41.9 Å². The highest BCUT2D eigenvalue weighted by Crippen LogP contribution is 2.33. The summed E-state index contributed by atoms with van der Waals surface area (Å²) >= 11 is 6.56. The highest BCUT2D eigenvalue weighted by Gasteiger charge is 2.38. The van der Waals surface area contributed by atoms with Crippen molar-refractivity contribution < 1.29 is 32.7 Å². The van der Waals surface area contributed by atoms with Crippen LogP contribution in [0.5, 0.6) is 0 Å². The van der Waals surface area contributed by atoms with Crippen molar-refractivity contribution in [3.05, 3.63) is 71.5 Å². The van der Waals surface area contributed by atoms with E-state index in [1.54, 1.807) is 6.20 Å². The number of rotatable bonds is 10. The van der Waals surface area contributed by atoms with Crippen molar-refractivity contribution in [3.63, 3.8) is 0 Å². The van der Waals surface area contributed by atoms with Crippen molar-refractivity contribution >= 4 is 51.9 Å². The third kappa shape index (κ3) is 10.4. The molecule has 310 valence electrons. The van der Waals surface area contributed by atoms with Gasteiger partial charge in [-0.25, -0.2) is 14.8 Å². The van der Waals surface area contributed by atoms with Gasteiger partial charge >= 0.3 is 12.1 Å². The lowest BCUT2D eigenvalue weighted by molar-refractivity contribution is -0.192. The minimum atomic E-state index is -5.08. The number of benzene rings is 2. The minimum absolute atomic E-state index is 0.165. The van der Waals surface area contributed by atoms with Crippen LogP contribution in [0.4, 0.5) is 24.8 Å². The van der Waals surface area contributed by atoms with Gasteiger partial charge in [0.2, 0.25) is 17.8 Å². The molecule has 6 heterocycles. The van der Waals surface area contributed by atoms with E-state index < -0.39 is 12.1 Å². The van der Waals surface area contributed by atoms with Crippen LogP contribution >= 0.6 is 11.6 Å². The number of amides is 2. The van der Waals surface area contributed by atoms with E-state index in [1.165, 1.54) is 25.1 Å². The quantitative estimate of drug-likeness (QED) is 0.151. The number of nitrogens with one attached hydrogen (secondary N) is 3. The number of piperidine rings is 2. The number of piperazine rings is 1. The van der Waals surface area contributed by atoms with E-state index in [1.807, 2.05) is 18.3 Å². The molecule has 2 aromatic heterocycles. The average Bonchev–Trinajstić information content (AvgIpc) is 3.86. The predicted octanol–water partition coefficient (Wildman–Crippen LogP) is 5.45. The molecule has 8 rings (SSSR count). The molecule has 13 nitrogen and oxygen atoms in total. The average molecular weight is 824 g/mol. The Morgan fingerprint density at radius 1 is 0.897 bits per heavy atom. The maximum absolute atomic E-state index is 12.3. The van der Waals surface area contributed by atoms with E-state index in [2.05, 4.69) is 76.6 Å². The van der Waals surface area contributed by atoms with Gasteiger partial charge in [0, 0.05) is 113 Å². The summed E-state index contributed by atoms with van der Waals surface area (Å²) in [5.74, 6) is -1.94. The number of hydrogen-bond acceptors (Lipinski definition) is 10. The first-order valence-corrected chi connectivity index (χ1v) is 20.3. The van der Waals surface area contributed by atoms with Crippen molar-refractivity contribution in [1.29, 1.82) is 0 Å². The largest absolute Gasteiger partial charge is 0.490 e. The molecule has 4 aliphatic heterocycles. The van der Waals surface area contributed by atoms with E-state index in [0.29, 0.717) is 29.9 Å². The Morgan fingerprint density at radius 3 is 2.29 bits per heavy atom. The normalized spacial score (nSPS) is 21.5. The smallest absolute Gasteiger partial charge is 0.475 e. The molecule has 0 radical (unpaired) electrons. The maximum Gasteiger partial charge on any atom is 0.490 e. The Hall–Kier alpha value is -4.77. The molecule has 4 saturated heterocycles. The zero-order valence-electron chi connectivity index (χ0n) is 32.2. The number of nitrogens with zero attached hydrogens (tertiary/aromatic N) is 6. The number of H-pyrrole nitrogens is 1. The van der Waals surface area contributed by atoms with E-state index >= 15 is 0 Å². The summed E-state index contributed by atoms with van der Waals surface area (Å²) in [6.07, 6.45) is 3.11. The van der Waals surface area contributed by atoms with Crippen LogP contribution in [0.3, 0.4) is 0 Å². The summed E-state index contributed by atoms with van der Waals surface area (Å²) in [5.41, 5.74) is 5.04. The van der Waals surface area contributed by atoms with Gasteiger partial charge in [-0.15, -0.1) is 0 Å². The lowest BCUT2D eigenvalue weighted by atomic mass is 9.90. The number of aliphatic carboxylic acids is 1. The second-order valence-corrected chi connectivity index (χ2v) is 15.9. The Bertz CT molecular complexity index is 2050. The molecule has 0 aliphatic carbocycles. The van der Waals surface area contributed by atoms with Crippen LogP contribution in [0.25, 0.3) is 22.2 Å². The number of aromatic nitrogens is 3. The van der Waals surface area contributed by atoms with Crippen molar-refractivity contribution in [2.45, 2.75) is 50.2 Å². The molecule has 1 unspecified atom stereocenters. The number of imide groups is 1. The van der Waals surface area contributed by atoms with Gasteiger partial charge in [0.15, 0.2) is 0 Å². The number of para-hydroxylation sites is 1. The number of anilines is 2. The van der Waals surface area contributed by atoms with Gasteiger partial charge in [-0.3, -0.25) is 24.7 Å². The predicted molar refractivity (Wildman–Crippen MR) is 216 cm³/mol. The van der Waals surface area contributed by atoms with E-state index in [0.717, 1.165) is 106 Å². The fourth-order valence-corrected chi connectivity index (χ4v) is 8.57. The molecule has 4 fully saturated rings. The summed E-state index contributed by atoms with van der Waals surface area (Å²) in [4.78, 5) is 55.7. The monoisotopic (exact) mass is 823 g/mol. The van der Waals surface area contributed by atoms with Crippen molar-refractivity contribution in [3.8, 4) is 11.3 Å². The Labute approximate surface area is 339 Å². The summed E-state index contributed by atoms with van der Waals surface area (Å²) in [5, 5.41) is 14.8. The topological polar surface area (TPSA) is 150 Å². The van der Waals surface area contributed by atoms with Gasteiger partial charge in [-0.2, -0.15) is 13.2 Å². The SMILES string of the molecule is O=C(O)C(F)(F)F.O=C1CCC(c2ccc(N3CCC(CN4CCN(CCN5CC[C@@H](Nc6ncc(Cl)c(-c7c[nH]c8ccccc78)n6)C5)CC4)CC3)cc2)C(=O)N1. The third-order valence-electron chi connectivity index (χ3n) is 11.7. The second-order valence-electron chi connectivity index (χ2n) is 15.5. The number of aromatic amines is 1. The van der Waals surface area contributed by atoms with Gasteiger partial charge in [0.05, 0.1) is 22.8 Å². The Morgan fingerprint density at radius 2 is 1.59 bits per heavy atom. The number of fused-ring (bicyclic) bond motifs is 1. The molecular formula is C41H49ClF3N9O4. The Balaban J connectivity index is 0.000000672. The number of carbonyl (C=O) groups is 3. The number of carboxylic acids is 1. The van der Waals surface area contributed by atoms with Gasteiger partial charge in [-0.05, 0) is 55.4 Å². The molecular weight excluding hydrogens is 775 g/mol. The third-order valence-corrected chi connectivity index (χ3v) is 11.9. The summed E-state index contributed by atoms with van der Waals surface area (Å²) in [6, 6.07) is 16.9. The highest BCUT2D eigenvalue weighted by atomic mass is 35.5. The first kappa shape index (κ1) is 41.4. The van der Waals surface area contributed by atoms with Gasteiger partial charge in [0.1, 0.15) is 0 Å². The zero-order chi connectivity index (χ0) is 40.8. The van der Waals surface area contributed by atoms with Crippen LogP contribution in [0.1, 0.15) is 43.6 Å². The van der Waals surface area contributed by atoms with E-state index in [9.17, 15) is 22.8 Å². The fraction of sp³-hybridized carbons (Fsp3) is 0.488. The maximum atomic E-state index is 12.3. The number of carboxylic acid groups (broad SMARTS) is 1. The highest BCUT2D eigenvalue weighted by molar-refractivity contribution is 6.33. The summed E-state index contributed by atoms with van der Waals surface area (Å²) in [7, 11) is 0. The number of alkyl halides is 3. The summed E-state index contributed by atoms with van der Waals surface area (Å²) < 4.78 is 31.7. The first-order chi connectivity index (χ1) is 27.9. The molecule has 4 aliphatic rings. The van der Waals surface area contributed by atoms with Crippen molar-refractivity contribution in [1.82, 2.24) is 35.0 Å². The van der Waals surface area contributed by atoms with E-state index in [-0.39, 0.29) is 17.7 Å². The van der Waals surface area contributed by atoms with Crippen LogP contribution in [-0.2, 0) is 14.4 Å².